The fourth-order valence-corrected chi connectivity index (χ4v) is 6.32. The van der Waals surface area contributed by atoms with E-state index in [1.165, 1.54) is 23.5 Å². The molecular formula is C20H21BrF3O2PS. The van der Waals surface area contributed by atoms with Gasteiger partial charge in [0, 0.05) is 41.0 Å². The van der Waals surface area contributed by atoms with Crippen LogP contribution in [0.3, 0.4) is 0 Å². The van der Waals surface area contributed by atoms with E-state index in [0.717, 1.165) is 22.8 Å². The molecule has 0 spiro atoms. The summed E-state index contributed by atoms with van der Waals surface area (Å²) in [5.41, 5.74) is 0.604. The van der Waals surface area contributed by atoms with Crippen LogP contribution in [-0.4, -0.2) is 18.3 Å². The van der Waals surface area contributed by atoms with E-state index in [1.807, 2.05) is 19.9 Å². The second-order valence-corrected chi connectivity index (χ2v) is 9.23. The molecule has 0 bridgehead atoms. The van der Waals surface area contributed by atoms with E-state index in [0.29, 0.717) is 21.8 Å². The molecule has 0 aliphatic carbocycles. The average molecular weight is 493 g/mol. The van der Waals surface area contributed by atoms with Crippen molar-refractivity contribution in [3.05, 3.63) is 68.8 Å². The van der Waals surface area contributed by atoms with Crippen LogP contribution in [0.4, 0.5) is 13.2 Å². The van der Waals surface area contributed by atoms with Crippen molar-refractivity contribution in [2.24, 2.45) is 0 Å². The number of halogens is 4. The first-order valence-electron chi connectivity index (χ1n) is 8.53. The van der Waals surface area contributed by atoms with E-state index in [1.54, 1.807) is 12.1 Å². The van der Waals surface area contributed by atoms with Gasteiger partial charge < -0.3 is 9.63 Å². The minimum Gasteiger partial charge on any atom is -0.400 e. The number of thiophene rings is 1. The summed E-state index contributed by atoms with van der Waals surface area (Å²) in [5, 5.41) is 7.55. The van der Waals surface area contributed by atoms with Gasteiger partial charge in [-0.25, -0.2) is 13.2 Å². The van der Waals surface area contributed by atoms with Gasteiger partial charge in [0.25, 0.3) is 0 Å². The minimum atomic E-state index is -0.865. The number of aliphatic hydroxyl groups excluding tert-OH is 1. The Morgan fingerprint density at radius 1 is 1.07 bits per heavy atom. The molecule has 2 aromatic carbocycles. The molecule has 1 heterocycles. The molecule has 0 fully saturated rings. The molecule has 28 heavy (non-hydrogen) atoms. The molecule has 0 saturated heterocycles. The molecule has 2 atom stereocenters. The zero-order valence-electron chi connectivity index (χ0n) is 15.6. The third kappa shape index (κ3) is 5.55. The summed E-state index contributed by atoms with van der Waals surface area (Å²) >= 11 is 5.03. The van der Waals surface area contributed by atoms with Gasteiger partial charge >= 0.3 is 0 Å². The van der Waals surface area contributed by atoms with E-state index < -0.39 is 11.6 Å². The number of hydrogen-bond donors (Lipinski definition) is 1. The van der Waals surface area contributed by atoms with Crippen LogP contribution in [0.2, 0.25) is 0 Å². The number of fused-ring (bicyclic) bond motifs is 1. The highest BCUT2D eigenvalue weighted by atomic mass is 79.9. The number of aliphatic hydroxyl groups is 1. The molecular weight excluding hydrogens is 472 g/mol. The lowest BCUT2D eigenvalue weighted by Crippen LogP contribution is -2.02. The molecule has 0 amide bonds. The van der Waals surface area contributed by atoms with Crippen LogP contribution >= 0.6 is 36.1 Å². The van der Waals surface area contributed by atoms with Crippen LogP contribution in [0.1, 0.15) is 29.9 Å². The van der Waals surface area contributed by atoms with Crippen molar-refractivity contribution in [1.82, 2.24) is 0 Å². The Balaban J connectivity index is 0.00000136. The summed E-state index contributed by atoms with van der Waals surface area (Å²) in [5.74, 6) is -2.01. The summed E-state index contributed by atoms with van der Waals surface area (Å²) < 4.78 is 48.4. The minimum absolute atomic E-state index is 0.0469. The first-order valence-corrected chi connectivity index (χ1v) is 11.1. The number of hydrogen-bond acceptors (Lipinski definition) is 3. The maximum absolute atomic E-state index is 14.2. The highest BCUT2D eigenvalue weighted by Gasteiger charge is 2.23. The van der Waals surface area contributed by atoms with Crippen LogP contribution in [0.25, 0.3) is 10.1 Å². The zero-order chi connectivity index (χ0) is 20.8. The summed E-state index contributed by atoms with van der Waals surface area (Å²) in [7, 11) is 1.12. The standard InChI is InChI=1S/C19H17BrF3OPS.CH4O/c1-10(2)24-25-15(9-11-6-7-12(21)14(23)8-11)19-18(20)17-13(22)4-3-5-16(17)26-19;1-2/h3-8,10,15,25H,9H2,1-2H3;2H,1H3. The summed E-state index contributed by atoms with van der Waals surface area (Å²) in [6, 6.07) is 8.91. The van der Waals surface area contributed by atoms with Crippen molar-refractivity contribution in [3.8, 4) is 0 Å². The van der Waals surface area contributed by atoms with Crippen LogP contribution < -0.4 is 0 Å². The highest BCUT2D eigenvalue weighted by molar-refractivity contribution is 9.10. The first-order chi connectivity index (χ1) is 13.4. The van der Waals surface area contributed by atoms with Crippen molar-refractivity contribution >= 4 is 46.2 Å². The van der Waals surface area contributed by atoms with Crippen molar-refractivity contribution in [2.75, 3.05) is 7.11 Å². The smallest absolute Gasteiger partial charge is 0.159 e. The van der Waals surface area contributed by atoms with Gasteiger partial charge in [-0.15, -0.1) is 11.3 Å². The lowest BCUT2D eigenvalue weighted by atomic mass is 10.1. The lowest BCUT2D eigenvalue weighted by Gasteiger charge is -2.18. The Morgan fingerprint density at radius 3 is 2.39 bits per heavy atom. The fourth-order valence-electron chi connectivity index (χ4n) is 2.62. The largest absolute Gasteiger partial charge is 0.400 e. The highest BCUT2D eigenvalue weighted by Crippen LogP contribution is 2.49. The van der Waals surface area contributed by atoms with Gasteiger partial charge in [0.05, 0.1) is 6.10 Å². The zero-order valence-corrected chi connectivity index (χ0v) is 19.0. The maximum atomic E-state index is 14.2. The number of benzene rings is 2. The Kier molecular flexibility index (Phi) is 8.90. The fraction of sp³-hybridized carbons (Fsp3) is 0.300. The van der Waals surface area contributed by atoms with Gasteiger partial charge in [-0.2, -0.15) is 0 Å². The normalized spacial score (nSPS) is 12.6. The van der Waals surface area contributed by atoms with Gasteiger partial charge in [-0.1, -0.05) is 12.1 Å². The predicted octanol–water partition coefficient (Wildman–Crippen LogP) is 6.99. The van der Waals surface area contributed by atoms with Crippen LogP contribution in [0.15, 0.2) is 40.9 Å². The van der Waals surface area contributed by atoms with Crippen LogP contribution in [0.5, 0.6) is 0 Å². The summed E-state index contributed by atoms with van der Waals surface area (Å²) in [6.07, 6.45) is 0.528. The molecule has 0 radical (unpaired) electrons. The summed E-state index contributed by atoms with van der Waals surface area (Å²) in [6.45, 7) is 3.89. The molecule has 1 N–H and O–H groups in total. The first kappa shape index (κ1) is 23.3. The molecule has 2 unspecified atom stereocenters. The van der Waals surface area contributed by atoms with E-state index >= 15 is 0 Å². The Hall–Kier alpha value is -0.980. The van der Waals surface area contributed by atoms with Crippen molar-refractivity contribution < 1.29 is 22.8 Å². The monoisotopic (exact) mass is 492 g/mol. The SMILES string of the molecule is CC(C)OPC(Cc1ccc(F)c(F)c1)c1sc2cccc(F)c2c1Br.CO. The molecule has 3 aromatic rings. The van der Waals surface area contributed by atoms with Gasteiger partial charge in [0.1, 0.15) is 5.82 Å². The molecule has 8 heteroatoms. The summed E-state index contributed by atoms with van der Waals surface area (Å²) in [4.78, 5) is 0.953. The topological polar surface area (TPSA) is 29.5 Å². The Bertz CT molecular complexity index is 933. The average Bonchev–Trinajstić information content (AvgIpc) is 3.01. The number of rotatable bonds is 6. The third-order valence-electron chi connectivity index (χ3n) is 3.82. The van der Waals surface area contributed by atoms with E-state index in [2.05, 4.69) is 15.9 Å². The second kappa shape index (κ2) is 10.7. The molecule has 0 aliphatic rings. The van der Waals surface area contributed by atoms with Crippen molar-refractivity contribution in [1.29, 1.82) is 0 Å². The third-order valence-corrected chi connectivity index (χ3v) is 7.77. The maximum Gasteiger partial charge on any atom is 0.159 e. The molecule has 152 valence electrons. The Labute approximate surface area is 176 Å². The van der Waals surface area contributed by atoms with Gasteiger partial charge in [0.15, 0.2) is 11.6 Å². The Morgan fingerprint density at radius 2 is 1.79 bits per heavy atom. The molecule has 2 nitrogen and oxygen atoms in total. The van der Waals surface area contributed by atoms with Gasteiger partial charge in [-0.3, -0.25) is 0 Å². The van der Waals surface area contributed by atoms with Gasteiger partial charge in [-0.05, 0) is 66.0 Å². The second-order valence-electron chi connectivity index (χ2n) is 6.18. The lowest BCUT2D eigenvalue weighted by molar-refractivity contribution is 0.276. The van der Waals surface area contributed by atoms with Crippen molar-refractivity contribution in [3.63, 3.8) is 0 Å². The molecule has 0 aliphatic heterocycles. The van der Waals surface area contributed by atoms with Crippen LogP contribution in [0, 0.1) is 17.5 Å². The van der Waals surface area contributed by atoms with Gasteiger partial charge in [0.2, 0.25) is 0 Å². The van der Waals surface area contributed by atoms with Crippen LogP contribution in [-0.2, 0) is 10.9 Å². The predicted molar refractivity (Wildman–Crippen MR) is 115 cm³/mol. The van der Waals surface area contributed by atoms with E-state index in [9.17, 15) is 13.2 Å². The molecule has 3 rings (SSSR count). The van der Waals surface area contributed by atoms with Crippen molar-refractivity contribution in [2.45, 2.75) is 32.0 Å². The quantitative estimate of drug-likeness (QED) is 0.375. The molecule has 0 saturated carbocycles. The van der Waals surface area contributed by atoms with E-state index in [-0.39, 0.29) is 26.4 Å². The van der Waals surface area contributed by atoms with E-state index in [4.69, 9.17) is 9.63 Å². The molecule has 1 aromatic heterocycles.